The maximum absolute atomic E-state index is 10.7. The number of halogens is 6. The Morgan fingerprint density at radius 1 is 0.611 bits per heavy atom. The van der Waals surface area contributed by atoms with Crippen LogP contribution in [0.3, 0.4) is 0 Å². The molecule has 0 radical (unpaired) electrons. The molecule has 0 aliphatic rings. The number of fused-ring (bicyclic) bond motifs is 1. The second-order valence-corrected chi connectivity index (χ2v) is 11.8. The summed E-state index contributed by atoms with van der Waals surface area (Å²) in [6.07, 6.45) is 24.6. The van der Waals surface area contributed by atoms with Gasteiger partial charge in [0.05, 0.1) is 13.1 Å². The minimum atomic E-state index is -10.7. The Balaban J connectivity index is 0.000000809. The molecule has 212 valence electrons. The summed E-state index contributed by atoms with van der Waals surface area (Å²) in [5.74, 6) is 0. The molecule has 2 nitrogen and oxygen atoms in total. The normalized spacial score (nSPS) is 13.8. The molecule has 9 heteroatoms. The summed E-state index contributed by atoms with van der Waals surface area (Å²) in [6, 6.07) is 8.97. The molecule has 0 amide bonds. The van der Waals surface area contributed by atoms with Crippen molar-refractivity contribution in [3.05, 3.63) is 30.6 Å². The van der Waals surface area contributed by atoms with Gasteiger partial charge < -0.3 is 0 Å². The number of nitrogens with zero attached hydrogens (tertiary/aromatic N) is 2. The number of hydrogen-bond acceptors (Lipinski definition) is 0. The third kappa shape index (κ3) is 18.9. The second-order valence-electron chi connectivity index (χ2n) is 9.90. The summed E-state index contributed by atoms with van der Waals surface area (Å²) in [7, 11) is -10.7. The molecule has 0 spiro atoms. The van der Waals surface area contributed by atoms with Gasteiger partial charge in [-0.3, -0.25) is 0 Å². The quantitative estimate of drug-likeness (QED) is 0.0764. The first kappa shape index (κ1) is 32.7. The predicted octanol–water partition coefficient (Wildman–Crippen LogP) is 11.6. The predicted molar refractivity (Wildman–Crippen MR) is 141 cm³/mol. The Bertz CT molecular complexity index is 784. The molecule has 0 bridgehead atoms. The zero-order valence-corrected chi connectivity index (χ0v) is 23.1. The third-order valence-electron chi connectivity index (χ3n) is 6.28. The van der Waals surface area contributed by atoms with Crippen LogP contribution in [0.15, 0.2) is 30.6 Å². The van der Waals surface area contributed by atoms with E-state index in [1.54, 1.807) is 0 Å². The minimum absolute atomic E-state index is 1.17. The fourth-order valence-electron chi connectivity index (χ4n) is 4.43. The maximum atomic E-state index is 9.87. The van der Waals surface area contributed by atoms with Crippen LogP contribution in [0.1, 0.15) is 117 Å². The van der Waals surface area contributed by atoms with Gasteiger partial charge in [-0.25, -0.2) is 9.13 Å². The number of aryl methyl sites for hydroxylation is 2. The van der Waals surface area contributed by atoms with E-state index in [-0.39, 0.29) is 0 Å². The van der Waals surface area contributed by atoms with Gasteiger partial charge in [-0.1, -0.05) is 103 Å². The van der Waals surface area contributed by atoms with Crippen molar-refractivity contribution in [1.29, 1.82) is 0 Å². The summed E-state index contributed by atoms with van der Waals surface area (Å²) >= 11 is 0. The molecule has 0 aliphatic heterocycles. The molecule has 0 fully saturated rings. The Hall–Kier alpha value is -1.30. The van der Waals surface area contributed by atoms with E-state index >= 15 is 0 Å². The molecule has 36 heavy (non-hydrogen) atoms. The standard InChI is InChI=1S/C27H47N2.F6P/c1-3-5-7-9-11-13-15-19-23-28-25-29(27-22-18-17-21-26(27)28)24-20-16-14-12-10-8-6-4-2;1-7(2,3,4,5)6/h17-18,21-22,25H,3-16,19-20,23-24H2,1-2H3;/q+1;-1. The molecule has 1 aromatic carbocycles. The van der Waals surface area contributed by atoms with Crippen LogP contribution in [-0.4, -0.2) is 4.57 Å². The Morgan fingerprint density at radius 2 is 1.03 bits per heavy atom. The molecule has 2 aromatic rings. The van der Waals surface area contributed by atoms with Gasteiger partial charge in [0.15, 0.2) is 11.0 Å². The zero-order valence-electron chi connectivity index (χ0n) is 22.2. The molecular weight excluding hydrogens is 497 g/mol. The number of benzene rings is 1. The van der Waals surface area contributed by atoms with Crippen LogP contribution in [0.4, 0.5) is 25.2 Å². The molecule has 0 saturated heterocycles. The number of rotatable bonds is 18. The van der Waals surface area contributed by atoms with E-state index < -0.39 is 7.81 Å². The van der Waals surface area contributed by atoms with Crippen molar-refractivity contribution >= 4 is 18.8 Å². The molecule has 0 N–H and O–H groups in total. The number of unbranched alkanes of at least 4 members (excludes halogenated alkanes) is 14. The Labute approximate surface area is 213 Å². The average molecular weight is 545 g/mol. The van der Waals surface area contributed by atoms with Crippen LogP contribution in [0.2, 0.25) is 0 Å². The zero-order chi connectivity index (χ0) is 27.0. The molecule has 0 atom stereocenters. The van der Waals surface area contributed by atoms with Crippen molar-refractivity contribution in [2.75, 3.05) is 0 Å². The summed E-state index contributed by atoms with van der Waals surface area (Å²) in [5.41, 5.74) is 2.82. The molecule has 2 rings (SSSR count). The van der Waals surface area contributed by atoms with Gasteiger partial charge in [0.2, 0.25) is 6.33 Å². The van der Waals surface area contributed by atoms with E-state index in [0.29, 0.717) is 0 Å². The molecule has 0 unspecified atom stereocenters. The summed E-state index contributed by atoms with van der Waals surface area (Å²) in [4.78, 5) is 0. The molecule has 0 saturated carbocycles. The van der Waals surface area contributed by atoms with Gasteiger partial charge in [-0.2, -0.15) is 0 Å². The van der Waals surface area contributed by atoms with Gasteiger partial charge in [0.1, 0.15) is 0 Å². The first-order valence-electron chi connectivity index (χ1n) is 13.9. The number of aromatic nitrogens is 2. The second kappa shape index (κ2) is 15.2. The summed E-state index contributed by atoms with van der Waals surface area (Å²) < 4.78 is 64.2. The molecule has 1 aromatic heterocycles. The SMILES string of the molecule is CCCCCCCCCCn1c[n+](CCCCCCCCCC)c2ccccc21.F[P-](F)(F)(F)(F)F. The first-order valence-corrected chi connectivity index (χ1v) is 15.9. The number of imidazole rings is 1. The van der Waals surface area contributed by atoms with Gasteiger partial charge in [-0.05, 0) is 37.8 Å². The van der Waals surface area contributed by atoms with E-state index in [9.17, 15) is 25.2 Å². The van der Waals surface area contributed by atoms with Crippen LogP contribution in [0.25, 0.3) is 11.0 Å². The number of para-hydroxylation sites is 2. The van der Waals surface area contributed by atoms with Gasteiger partial charge in [0.25, 0.3) is 0 Å². The van der Waals surface area contributed by atoms with E-state index in [1.165, 1.54) is 127 Å². The van der Waals surface area contributed by atoms with Gasteiger partial charge >= 0.3 is 33.0 Å². The van der Waals surface area contributed by atoms with Crippen LogP contribution in [0.5, 0.6) is 0 Å². The van der Waals surface area contributed by atoms with E-state index in [4.69, 9.17) is 0 Å². The molecule has 0 aliphatic carbocycles. The van der Waals surface area contributed by atoms with E-state index in [1.807, 2.05) is 0 Å². The van der Waals surface area contributed by atoms with Gasteiger partial charge in [0, 0.05) is 0 Å². The molecular formula is C27H47F6N2P. The van der Waals surface area contributed by atoms with Crippen molar-refractivity contribution in [2.24, 2.45) is 0 Å². The van der Waals surface area contributed by atoms with Crippen LogP contribution >= 0.6 is 7.81 Å². The topological polar surface area (TPSA) is 8.81 Å². The van der Waals surface area contributed by atoms with Gasteiger partial charge in [-0.15, -0.1) is 0 Å². The monoisotopic (exact) mass is 544 g/mol. The first-order chi connectivity index (χ1) is 16.8. The average Bonchev–Trinajstić information content (AvgIpc) is 3.13. The fourth-order valence-corrected chi connectivity index (χ4v) is 4.43. The van der Waals surface area contributed by atoms with Crippen molar-refractivity contribution in [2.45, 2.75) is 130 Å². The number of hydrogen-bond donors (Lipinski definition) is 0. The van der Waals surface area contributed by atoms with E-state index in [0.717, 1.165) is 0 Å². The van der Waals surface area contributed by atoms with Crippen molar-refractivity contribution < 1.29 is 29.7 Å². The van der Waals surface area contributed by atoms with Crippen LogP contribution < -0.4 is 4.57 Å². The van der Waals surface area contributed by atoms with Crippen LogP contribution in [-0.2, 0) is 13.1 Å². The Morgan fingerprint density at radius 3 is 1.53 bits per heavy atom. The van der Waals surface area contributed by atoms with Crippen molar-refractivity contribution in [3.63, 3.8) is 0 Å². The van der Waals surface area contributed by atoms with Crippen molar-refractivity contribution in [3.8, 4) is 0 Å². The summed E-state index contributed by atoms with van der Waals surface area (Å²) in [6.45, 7) is 6.92. The molecule has 1 heterocycles. The van der Waals surface area contributed by atoms with Crippen LogP contribution in [0, 0.1) is 0 Å². The van der Waals surface area contributed by atoms with E-state index in [2.05, 4.69) is 53.6 Å². The third-order valence-corrected chi connectivity index (χ3v) is 6.28. The summed E-state index contributed by atoms with van der Waals surface area (Å²) in [5, 5.41) is 0. The Kier molecular flexibility index (Phi) is 13.8. The fraction of sp³-hybridized carbons (Fsp3) is 0.741. The van der Waals surface area contributed by atoms with Crippen molar-refractivity contribution in [1.82, 2.24) is 4.57 Å².